The molecule has 0 aliphatic carbocycles. The van der Waals surface area contributed by atoms with E-state index in [4.69, 9.17) is 0 Å². The van der Waals surface area contributed by atoms with Gasteiger partial charge in [-0.15, -0.1) is 0 Å². The average Bonchev–Trinajstić information content (AvgIpc) is 2.70. The van der Waals surface area contributed by atoms with Gasteiger partial charge in [0.15, 0.2) is 0 Å². The minimum Gasteiger partial charge on any atom is -0.507 e. The molecule has 0 fully saturated rings. The van der Waals surface area contributed by atoms with Crippen molar-refractivity contribution in [2.24, 2.45) is 0 Å². The van der Waals surface area contributed by atoms with Gasteiger partial charge in [-0.1, -0.05) is 24.3 Å². The lowest BCUT2D eigenvalue weighted by Crippen LogP contribution is -2.01. The van der Waals surface area contributed by atoms with Gasteiger partial charge >= 0.3 is 0 Å². The van der Waals surface area contributed by atoms with E-state index in [-0.39, 0.29) is 0 Å². The van der Waals surface area contributed by atoms with E-state index in [2.05, 4.69) is 12.1 Å². The fourth-order valence-corrected chi connectivity index (χ4v) is 4.27. The number of aryl methyl sites for hydroxylation is 3. The molecule has 0 unspecified atom stereocenters. The monoisotopic (exact) mass is 404 g/mol. The summed E-state index contributed by atoms with van der Waals surface area (Å²) in [6.45, 7) is 13.7. The number of hydrogen-bond acceptors (Lipinski definition) is 3. The summed E-state index contributed by atoms with van der Waals surface area (Å²) in [6, 6.07) is 8.18. The Balaban J connectivity index is 2.03. The first-order chi connectivity index (χ1) is 14.0. The third-order valence-electron chi connectivity index (χ3n) is 6.54. The van der Waals surface area contributed by atoms with Crippen LogP contribution in [0.5, 0.6) is 17.2 Å². The van der Waals surface area contributed by atoms with E-state index in [1.807, 2.05) is 60.6 Å². The molecule has 3 rings (SSSR count). The molecule has 3 aromatic carbocycles. The largest absolute Gasteiger partial charge is 0.507 e. The highest BCUT2D eigenvalue weighted by Crippen LogP contribution is 2.34. The predicted octanol–water partition coefficient (Wildman–Crippen LogP) is 6.14. The smallest absolute Gasteiger partial charge is 0.122 e. The van der Waals surface area contributed by atoms with Crippen molar-refractivity contribution < 1.29 is 15.3 Å². The zero-order chi connectivity index (χ0) is 22.3. The Morgan fingerprint density at radius 2 is 0.900 bits per heavy atom. The third-order valence-corrected chi connectivity index (χ3v) is 6.54. The van der Waals surface area contributed by atoms with Crippen LogP contribution in [0.1, 0.15) is 61.2 Å². The van der Waals surface area contributed by atoms with Crippen LogP contribution in [0.4, 0.5) is 0 Å². The second kappa shape index (κ2) is 8.06. The lowest BCUT2D eigenvalue weighted by Gasteiger charge is -2.17. The van der Waals surface area contributed by atoms with Crippen LogP contribution in [-0.2, 0) is 12.8 Å². The lowest BCUT2D eigenvalue weighted by molar-refractivity contribution is 0.464. The Labute approximate surface area is 179 Å². The van der Waals surface area contributed by atoms with Crippen LogP contribution in [0, 0.1) is 48.5 Å². The fourth-order valence-electron chi connectivity index (χ4n) is 4.27. The molecule has 0 amide bonds. The van der Waals surface area contributed by atoms with Crippen LogP contribution in [0.15, 0.2) is 24.3 Å². The highest BCUT2D eigenvalue weighted by molar-refractivity contribution is 5.53. The SMILES string of the molecule is Cc1cc(Cc2cc(C)c(O)c(C)c2C)cc(Cc2cc(C)c(O)c(C)c2C)c1O. The van der Waals surface area contributed by atoms with Gasteiger partial charge in [0, 0.05) is 6.42 Å². The summed E-state index contributed by atoms with van der Waals surface area (Å²) in [7, 11) is 0. The van der Waals surface area contributed by atoms with Crippen molar-refractivity contribution in [1.29, 1.82) is 0 Å². The van der Waals surface area contributed by atoms with E-state index in [1.165, 1.54) is 5.56 Å². The quantitative estimate of drug-likeness (QED) is 0.489. The molecular weight excluding hydrogens is 372 g/mol. The third kappa shape index (κ3) is 3.89. The van der Waals surface area contributed by atoms with Gasteiger partial charge in [-0.3, -0.25) is 0 Å². The van der Waals surface area contributed by atoms with E-state index in [9.17, 15) is 15.3 Å². The Hall–Kier alpha value is -2.94. The maximum absolute atomic E-state index is 10.7. The molecule has 3 N–H and O–H groups in total. The van der Waals surface area contributed by atoms with E-state index in [0.29, 0.717) is 23.7 Å². The normalized spacial score (nSPS) is 11.2. The number of rotatable bonds is 4. The van der Waals surface area contributed by atoms with Gasteiger partial charge < -0.3 is 15.3 Å². The first-order valence-corrected chi connectivity index (χ1v) is 10.4. The minimum atomic E-state index is 0.330. The van der Waals surface area contributed by atoms with Crippen molar-refractivity contribution in [2.75, 3.05) is 0 Å². The summed E-state index contributed by atoms with van der Waals surface area (Å²) in [5, 5.41) is 31.1. The van der Waals surface area contributed by atoms with Gasteiger partial charge in [-0.2, -0.15) is 0 Å². The van der Waals surface area contributed by atoms with Gasteiger partial charge in [0.05, 0.1) is 0 Å². The molecule has 3 nitrogen and oxygen atoms in total. The van der Waals surface area contributed by atoms with E-state index < -0.39 is 0 Å². The van der Waals surface area contributed by atoms with Crippen molar-refractivity contribution in [1.82, 2.24) is 0 Å². The Bertz CT molecular complexity index is 1140. The van der Waals surface area contributed by atoms with Crippen LogP contribution in [0.3, 0.4) is 0 Å². The summed E-state index contributed by atoms with van der Waals surface area (Å²) in [5.74, 6) is 1.04. The lowest BCUT2D eigenvalue weighted by atomic mass is 9.90. The minimum absolute atomic E-state index is 0.330. The molecule has 0 saturated heterocycles. The summed E-state index contributed by atoms with van der Waals surface area (Å²) in [5.41, 5.74) is 10.9. The molecule has 0 aromatic heterocycles. The number of phenols is 3. The molecule has 0 bridgehead atoms. The topological polar surface area (TPSA) is 60.7 Å². The van der Waals surface area contributed by atoms with E-state index in [1.54, 1.807) is 0 Å². The van der Waals surface area contributed by atoms with Crippen LogP contribution < -0.4 is 0 Å². The van der Waals surface area contributed by atoms with Crippen LogP contribution >= 0.6 is 0 Å². The highest BCUT2D eigenvalue weighted by Gasteiger charge is 2.15. The molecule has 0 radical (unpaired) electrons. The number of phenolic OH excluding ortho intramolecular Hbond substituents is 3. The fraction of sp³-hybridized carbons (Fsp3) is 0.333. The summed E-state index contributed by atoms with van der Waals surface area (Å²) in [6.07, 6.45) is 1.36. The molecule has 0 saturated carbocycles. The van der Waals surface area contributed by atoms with Gasteiger partial charge in [0.2, 0.25) is 0 Å². The van der Waals surface area contributed by atoms with Crippen LogP contribution in [-0.4, -0.2) is 15.3 Å². The summed E-state index contributed by atoms with van der Waals surface area (Å²) in [4.78, 5) is 0. The van der Waals surface area contributed by atoms with Crippen molar-refractivity contribution in [2.45, 2.75) is 61.3 Å². The standard InChI is InChI=1S/C27H32O3/c1-14-8-21(11-22-9-15(2)25(28)19(6)17(22)4)12-24(27(14)30)13-23-10-16(3)26(29)20(7)18(23)5/h8-10,12,28-30H,11,13H2,1-7H3. The Morgan fingerprint density at radius 3 is 1.40 bits per heavy atom. The maximum Gasteiger partial charge on any atom is 0.122 e. The summed E-state index contributed by atoms with van der Waals surface area (Å²) >= 11 is 0. The molecule has 0 spiro atoms. The van der Waals surface area contributed by atoms with Crippen molar-refractivity contribution in [3.05, 3.63) is 85.5 Å². The van der Waals surface area contributed by atoms with Gasteiger partial charge in [0.25, 0.3) is 0 Å². The number of aromatic hydroxyl groups is 3. The van der Waals surface area contributed by atoms with E-state index >= 15 is 0 Å². The second-order valence-corrected chi connectivity index (χ2v) is 8.68. The molecule has 0 heterocycles. The van der Waals surface area contributed by atoms with Gasteiger partial charge in [-0.05, 0) is 116 Å². The van der Waals surface area contributed by atoms with Crippen LogP contribution in [0.25, 0.3) is 0 Å². The Morgan fingerprint density at radius 1 is 0.467 bits per heavy atom. The van der Waals surface area contributed by atoms with Crippen molar-refractivity contribution in [3.63, 3.8) is 0 Å². The molecule has 3 aromatic rings. The first kappa shape index (κ1) is 21.8. The predicted molar refractivity (Wildman–Crippen MR) is 123 cm³/mol. The maximum atomic E-state index is 10.7. The van der Waals surface area contributed by atoms with Gasteiger partial charge in [-0.25, -0.2) is 0 Å². The van der Waals surface area contributed by atoms with E-state index in [0.717, 1.165) is 62.1 Å². The molecule has 0 atom stereocenters. The molecule has 30 heavy (non-hydrogen) atoms. The number of benzene rings is 3. The van der Waals surface area contributed by atoms with Crippen molar-refractivity contribution >= 4 is 0 Å². The molecule has 3 heteroatoms. The zero-order valence-electron chi connectivity index (χ0n) is 19.1. The molecule has 0 aliphatic rings. The molecule has 158 valence electrons. The van der Waals surface area contributed by atoms with Gasteiger partial charge in [0.1, 0.15) is 17.2 Å². The van der Waals surface area contributed by atoms with Crippen LogP contribution in [0.2, 0.25) is 0 Å². The van der Waals surface area contributed by atoms with Crippen molar-refractivity contribution in [3.8, 4) is 17.2 Å². The molecular formula is C27H32O3. The zero-order valence-corrected chi connectivity index (χ0v) is 19.1. The first-order valence-electron chi connectivity index (χ1n) is 10.4. The average molecular weight is 405 g/mol. The second-order valence-electron chi connectivity index (χ2n) is 8.68. The molecule has 0 aliphatic heterocycles. The number of hydrogen-bond donors (Lipinski definition) is 3. The summed E-state index contributed by atoms with van der Waals surface area (Å²) < 4.78 is 0. The Kier molecular flexibility index (Phi) is 5.85. The highest BCUT2D eigenvalue weighted by atomic mass is 16.3.